The van der Waals surface area contributed by atoms with Crippen LogP contribution >= 0.6 is 15.9 Å². The fraction of sp³-hybridized carbons (Fsp3) is 0.200. The number of pyridine rings is 1. The molecule has 0 bridgehead atoms. The summed E-state index contributed by atoms with van der Waals surface area (Å²) in [6.07, 6.45) is 1.77. The maximum absolute atomic E-state index is 12.3. The number of halogens is 1. The summed E-state index contributed by atoms with van der Waals surface area (Å²) in [5.74, 6) is 0.177. The zero-order chi connectivity index (χ0) is 14.5. The third kappa shape index (κ3) is 3.57. The van der Waals surface area contributed by atoms with Crippen LogP contribution in [0.15, 0.2) is 40.9 Å². The minimum absolute atomic E-state index is 0.191. The van der Waals surface area contributed by atoms with Gasteiger partial charge in [-0.05, 0) is 46.6 Å². The number of hydrogen-bond donors (Lipinski definition) is 2. The van der Waals surface area contributed by atoms with Crippen LogP contribution in [0.3, 0.4) is 0 Å². The molecule has 0 atom stereocenters. The van der Waals surface area contributed by atoms with E-state index in [1.807, 2.05) is 24.3 Å². The molecule has 0 radical (unpaired) electrons. The highest BCUT2D eigenvalue weighted by molar-refractivity contribution is 9.10. The van der Waals surface area contributed by atoms with Gasteiger partial charge in [0.15, 0.2) is 0 Å². The summed E-state index contributed by atoms with van der Waals surface area (Å²) in [5, 5.41) is 2.85. The van der Waals surface area contributed by atoms with E-state index in [-0.39, 0.29) is 5.91 Å². The van der Waals surface area contributed by atoms with Crippen LogP contribution in [0.1, 0.15) is 29.4 Å². The number of anilines is 2. The first-order chi connectivity index (χ1) is 9.60. The Balaban J connectivity index is 2.23. The Hall–Kier alpha value is -1.88. The lowest BCUT2D eigenvalue weighted by molar-refractivity contribution is 0.102. The summed E-state index contributed by atoms with van der Waals surface area (Å²) in [6, 6.07) is 10.8. The number of aryl methyl sites for hydroxylation is 1. The molecule has 0 fully saturated rings. The molecule has 2 aromatic rings. The molecule has 104 valence electrons. The first-order valence-corrected chi connectivity index (χ1v) is 7.21. The summed E-state index contributed by atoms with van der Waals surface area (Å²) in [4.78, 5) is 16.5. The van der Waals surface area contributed by atoms with Crippen molar-refractivity contribution in [2.45, 2.75) is 19.8 Å². The molecule has 0 aliphatic heterocycles. The molecule has 5 heteroatoms. The Bertz CT molecular complexity index is 628. The third-order valence-corrected chi connectivity index (χ3v) is 3.48. The van der Waals surface area contributed by atoms with Crippen molar-refractivity contribution in [2.75, 3.05) is 11.1 Å². The molecule has 3 N–H and O–H groups in total. The number of carbonyl (C=O) groups is 1. The molecule has 0 aliphatic carbocycles. The van der Waals surface area contributed by atoms with Crippen molar-refractivity contribution >= 4 is 33.3 Å². The van der Waals surface area contributed by atoms with Gasteiger partial charge in [0.25, 0.3) is 5.91 Å². The molecule has 4 nitrogen and oxygen atoms in total. The van der Waals surface area contributed by atoms with E-state index in [1.165, 1.54) is 0 Å². The second-order valence-electron chi connectivity index (χ2n) is 4.46. The van der Waals surface area contributed by atoms with Crippen LogP contribution in [0, 0.1) is 0 Å². The maximum atomic E-state index is 12.3. The molecule has 1 aromatic heterocycles. The molecule has 0 unspecified atom stereocenters. The van der Waals surface area contributed by atoms with Crippen LogP contribution in [0.25, 0.3) is 0 Å². The summed E-state index contributed by atoms with van der Waals surface area (Å²) < 4.78 is 0.837. The highest BCUT2D eigenvalue weighted by Gasteiger charge is 2.10. The van der Waals surface area contributed by atoms with Crippen molar-refractivity contribution < 1.29 is 4.79 Å². The minimum Gasteiger partial charge on any atom is -0.384 e. The molecule has 0 aliphatic rings. The van der Waals surface area contributed by atoms with E-state index in [2.05, 4.69) is 33.2 Å². The van der Waals surface area contributed by atoms with Gasteiger partial charge in [0.1, 0.15) is 5.82 Å². The van der Waals surface area contributed by atoms with E-state index in [4.69, 9.17) is 5.73 Å². The van der Waals surface area contributed by atoms with Gasteiger partial charge in [-0.15, -0.1) is 0 Å². The summed E-state index contributed by atoms with van der Waals surface area (Å²) in [6.45, 7) is 2.06. The van der Waals surface area contributed by atoms with Crippen LogP contribution < -0.4 is 11.1 Å². The number of nitrogen functional groups attached to an aromatic ring is 1. The van der Waals surface area contributed by atoms with Gasteiger partial charge in [-0.1, -0.05) is 25.5 Å². The summed E-state index contributed by atoms with van der Waals surface area (Å²) in [5.41, 5.74) is 7.84. The lowest BCUT2D eigenvalue weighted by Gasteiger charge is -2.09. The quantitative estimate of drug-likeness (QED) is 0.897. The number of nitrogens with one attached hydrogen (secondary N) is 1. The monoisotopic (exact) mass is 333 g/mol. The molecule has 2 rings (SSSR count). The van der Waals surface area contributed by atoms with Gasteiger partial charge in [0, 0.05) is 15.7 Å². The van der Waals surface area contributed by atoms with Gasteiger partial charge in [-0.3, -0.25) is 4.79 Å². The van der Waals surface area contributed by atoms with Gasteiger partial charge in [0.05, 0.1) is 5.69 Å². The normalized spacial score (nSPS) is 10.3. The Morgan fingerprint density at radius 2 is 2.10 bits per heavy atom. The number of carbonyl (C=O) groups excluding carboxylic acids is 1. The van der Waals surface area contributed by atoms with Crippen LogP contribution in [-0.2, 0) is 6.42 Å². The zero-order valence-electron chi connectivity index (χ0n) is 11.2. The van der Waals surface area contributed by atoms with Gasteiger partial charge < -0.3 is 11.1 Å². The Kier molecular flexibility index (Phi) is 4.74. The molecule has 1 heterocycles. The SMILES string of the molecule is CCCc1cc(C(=O)Nc2ccccc2Br)cc(N)n1. The van der Waals surface area contributed by atoms with Crippen LogP contribution in [0.2, 0.25) is 0 Å². The third-order valence-electron chi connectivity index (χ3n) is 2.79. The maximum Gasteiger partial charge on any atom is 0.255 e. The van der Waals surface area contributed by atoms with E-state index in [0.717, 1.165) is 28.7 Å². The highest BCUT2D eigenvalue weighted by Crippen LogP contribution is 2.22. The van der Waals surface area contributed by atoms with Crippen LogP contribution in [0.4, 0.5) is 11.5 Å². The van der Waals surface area contributed by atoms with Crippen molar-refractivity contribution in [2.24, 2.45) is 0 Å². The fourth-order valence-electron chi connectivity index (χ4n) is 1.88. The topological polar surface area (TPSA) is 68.0 Å². The van der Waals surface area contributed by atoms with E-state index in [1.54, 1.807) is 12.1 Å². The molecular weight excluding hydrogens is 318 g/mol. The van der Waals surface area contributed by atoms with E-state index in [0.29, 0.717) is 11.4 Å². The van der Waals surface area contributed by atoms with Crippen molar-refractivity contribution in [1.29, 1.82) is 0 Å². The Morgan fingerprint density at radius 3 is 2.80 bits per heavy atom. The number of amides is 1. The molecule has 1 aromatic carbocycles. The molecule has 20 heavy (non-hydrogen) atoms. The summed E-state index contributed by atoms with van der Waals surface area (Å²) >= 11 is 3.40. The second-order valence-corrected chi connectivity index (χ2v) is 5.31. The highest BCUT2D eigenvalue weighted by atomic mass is 79.9. The zero-order valence-corrected chi connectivity index (χ0v) is 12.8. The first kappa shape index (κ1) is 14.5. The molecular formula is C15H16BrN3O. The minimum atomic E-state index is -0.191. The number of benzene rings is 1. The average Bonchev–Trinajstić information content (AvgIpc) is 2.41. The lowest BCUT2D eigenvalue weighted by atomic mass is 10.1. The van der Waals surface area contributed by atoms with Gasteiger partial charge in [0.2, 0.25) is 0 Å². The standard InChI is InChI=1S/C15H16BrN3O/c1-2-5-11-8-10(9-14(17)18-11)15(20)19-13-7-4-3-6-12(13)16/h3-4,6-9H,2,5H2,1H3,(H2,17,18)(H,19,20). The molecule has 0 spiro atoms. The van der Waals surface area contributed by atoms with Crippen molar-refractivity contribution in [3.8, 4) is 0 Å². The van der Waals surface area contributed by atoms with Crippen molar-refractivity contribution in [3.63, 3.8) is 0 Å². The molecule has 0 saturated carbocycles. The summed E-state index contributed by atoms with van der Waals surface area (Å²) in [7, 11) is 0. The first-order valence-electron chi connectivity index (χ1n) is 6.42. The number of aromatic nitrogens is 1. The smallest absolute Gasteiger partial charge is 0.255 e. The largest absolute Gasteiger partial charge is 0.384 e. The van der Waals surface area contributed by atoms with Gasteiger partial charge in [-0.25, -0.2) is 4.98 Å². The van der Waals surface area contributed by atoms with E-state index in [9.17, 15) is 4.79 Å². The van der Waals surface area contributed by atoms with Crippen molar-refractivity contribution in [1.82, 2.24) is 4.98 Å². The van der Waals surface area contributed by atoms with E-state index >= 15 is 0 Å². The Morgan fingerprint density at radius 1 is 1.35 bits per heavy atom. The van der Waals surface area contributed by atoms with Gasteiger partial charge in [-0.2, -0.15) is 0 Å². The Labute approximate surface area is 126 Å². The predicted octanol–water partition coefficient (Wildman–Crippen LogP) is 3.63. The number of nitrogens with two attached hydrogens (primary N) is 1. The molecule has 0 saturated heterocycles. The van der Waals surface area contributed by atoms with Crippen LogP contribution in [-0.4, -0.2) is 10.9 Å². The number of nitrogens with zero attached hydrogens (tertiary/aromatic N) is 1. The lowest BCUT2D eigenvalue weighted by Crippen LogP contribution is -2.13. The number of hydrogen-bond acceptors (Lipinski definition) is 3. The predicted molar refractivity (Wildman–Crippen MR) is 84.7 cm³/mol. The second kappa shape index (κ2) is 6.52. The number of para-hydroxylation sites is 1. The number of rotatable bonds is 4. The molecule has 1 amide bonds. The fourth-order valence-corrected chi connectivity index (χ4v) is 2.27. The average molecular weight is 334 g/mol. The van der Waals surface area contributed by atoms with Gasteiger partial charge >= 0.3 is 0 Å². The van der Waals surface area contributed by atoms with E-state index < -0.39 is 0 Å². The van der Waals surface area contributed by atoms with Crippen LogP contribution in [0.5, 0.6) is 0 Å². The van der Waals surface area contributed by atoms with Crippen molar-refractivity contribution in [3.05, 3.63) is 52.1 Å².